The minimum atomic E-state index is -3.63. The molecule has 0 radical (unpaired) electrons. The van der Waals surface area contributed by atoms with Crippen molar-refractivity contribution < 1.29 is 41.7 Å². The van der Waals surface area contributed by atoms with E-state index in [4.69, 9.17) is 30.5 Å². The van der Waals surface area contributed by atoms with Crippen molar-refractivity contribution in [3.05, 3.63) is 53.3 Å². The molecule has 13 heteroatoms. The molecule has 2 aromatic rings. The number of aliphatic carboxylic acids is 1. The van der Waals surface area contributed by atoms with Crippen LogP contribution in [-0.2, 0) is 19.6 Å². The molecule has 3 atom stereocenters. The number of carbonyl (C=O) groups is 1. The molecule has 2 aromatic carbocycles. The van der Waals surface area contributed by atoms with Gasteiger partial charge in [0, 0.05) is 51.1 Å². The summed E-state index contributed by atoms with van der Waals surface area (Å²) in [4.78, 5) is 14.7. The molecular formula is C27H34ClFN2O8S. The Morgan fingerprint density at radius 3 is 2.58 bits per heavy atom. The minimum absolute atomic E-state index is 0.0450. The molecule has 1 N–H and O–H groups in total. The normalized spacial score (nSPS) is 20.8. The molecule has 1 saturated heterocycles. The first-order valence-electron chi connectivity index (χ1n) is 12.9. The van der Waals surface area contributed by atoms with Gasteiger partial charge in [0.15, 0.2) is 23.1 Å². The van der Waals surface area contributed by atoms with E-state index in [1.54, 1.807) is 18.2 Å². The van der Waals surface area contributed by atoms with Crippen LogP contribution in [0.5, 0.6) is 17.2 Å². The molecule has 4 rings (SSSR count). The lowest BCUT2D eigenvalue weighted by atomic mass is 9.82. The highest BCUT2D eigenvalue weighted by atomic mass is 35.5. The highest BCUT2D eigenvalue weighted by Gasteiger charge is 2.48. The number of nitrogens with zero attached hydrogens (tertiary/aromatic N) is 2. The summed E-state index contributed by atoms with van der Waals surface area (Å²) >= 11 is 5.75. The second-order valence-electron chi connectivity index (χ2n) is 9.67. The third kappa shape index (κ3) is 6.63. The summed E-state index contributed by atoms with van der Waals surface area (Å²) < 4.78 is 63.4. The predicted octanol–water partition coefficient (Wildman–Crippen LogP) is 3.31. The van der Waals surface area contributed by atoms with Gasteiger partial charge in [-0.1, -0.05) is 12.1 Å². The zero-order valence-electron chi connectivity index (χ0n) is 22.4. The van der Waals surface area contributed by atoms with E-state index < -0.39 is 39.7 Å². The number of ether oxygens (including phenoxy) is 4. The van der Waals surface area contributed by atoms with Crippen LogP contribution in [0.4, 0.5) is 4.39 Å². The maximum Gasteiger partial charge on any atom is 0.309 e. The maximum atomic E-state index is 14.8. The minimum Gasteiger partial charge on any atom is -0.494 e. The fourth-order valence-electron chi connectivity index (χ4n) is 5.39. The molecule has 2 aliphatic rings. The monoisotopic (exact) mass is 600 g/mol. The number of likely N-dealkylation sites (tertiary alicyclic amines) is 1. The molecule has 2 aliphatic heterocycles. The molecule has 0 aromatic heterocycles. The lowest BCUT2D eigenvalue weighted by Gasteiger charge is -2.30. The van der Waals surface area contributed by atoms with Gasteiger partial charge in [0.1, 0.15) is 0 Å². The summed E-state index contributed by atoms with van der Waals surface area (Å²) in [6, 6.07) is 9.01. The summed E-state index contributed by atoms with van der Waals surface area (Å²) in [7, 11) is -0.782. The zero-order chi connectivity index (χ0) is 28.9. The molecule has 2 heterocycles. The molecule has 0 amide bonds. The second kappa shape index (κ2) is 13.3. The number of hydrogen-bond donors (Lipinski definition) is 1. The Kier molecular flexibility index (Phi) is 10.1. The lowest BCUT2D eigenvalue weighted by Crippen LogP contribution is -2.42. The van der Waals surface area contributed by atoms with E-state index in [0.29, 0.717) is 30.0 Å². The molecular weight excluding hydrogens is 567 g/mol. The van der Waals surface area contributed by atoms with Gasteiger partial charge in [-0.15, -0.1) is 11.6 Å². The number of carboxylic acid groups (broad SMARTS) is 1. The van der Waals surface area contributed by atoms with Gasteiger partial charge in [-0.25, -0.2) is 12.8 Å². The van der Waals surface area contributed by atoms with Crippen LogP contribution in [0.3, 0.4) is 0 Å². The van der Waals surface area contributed by atoms with Crippen molar-refractivity contribution in [1.82, 2.24) is 9.21 Å². The first-order valence-corrected chi connectivity index (χ1v) is 15.1. The Morgan fingerprint density at radius 2 is 1.90 bits per heavy atom. The van der Waals surface area contributed by atoms with Gasteiger partial charge in [0.2, 0.25) is 16.8 Å². The molecule has 0 spiro atoms. The van der Waals surface area contributed by atoms with Gasteiger partial charge in [0.25, 0.3) is 0 Å². The first kappa shape index (κ1) is 30.3. The summed E-state index contributed by atoms with van der Waals surface area (Å²) in [6.07, 6.45) is 0.304. The van der Waals surface area contributed by atoms with Gasteiger partial charge in [-0.3, -0.25) is 9.69 Å². The van der Waals surface area contributed by atoms with Crippen LogP contribution < -0.4 is 14.2 Å². The van der Waals surface area contributed by atoms with Crippen molar-refractivity contribution in [3.63, 3.8) is 0 Å². The van der Waals surface area contributed by atoms with Crippen LogP contribution in [0.25, 0.3) is 0 Å². The standard InChI is InChI=1S/C27H34ClFN2O8S/c1-36-12-11-31(40(34,35)13-3-8-28)10-9-30-16-20(18-4-7-23-24(15-18)39-17-38-23)25(27(32)33)26(30)19-5-6-22(37-2)21(29)14-19/h4-7,14-15,20,25-26H,3,8-13,16-17H2,1-2H3,(H,32,33)/t20?,25-,26+/m0/s1. The summed E-state index contributed by atoms with van der Waals surface area (Å²) in [5.74, 6) is -1.83. The Balaban J connectivity index is 1.69. The van der Waals surface area contributed by atoms with Crippen LogP contribution >= 0.6 is 11.6 Å². The highest BCUT2D eigenvalue weighted by Crippen LogP contribution is 2.48. The van der Waals surface area contributed by atoms with E-state index in [-0.39, 0.29) is 50.4 Å². The van der Waals surface area contributed by atoms with Crippen LogP contribution in [0.15, 0.2) is 36.4 Å². The SMILES string of the molecule is COCCN(CCN1CC(c2ccc3c(c2)OCO3)[C@H](C(=O)O)[C@H]1c1ccc(OC)c(F)c1)S(=O)(=O)CCCCl. The van der Waals surface area contributed by atoms with Crippen molar-refractivity contribution in [2.45, 2.75) is 18.4 Å². The van der Waals surface area contributed by atoms with E-state index >= 15 is 0 Å². The molecule has 0 aliphatic carbocycles. The van der Waals surface area contributed by atoms with Crippen molar-refractivity contribution in [2.24, 2.45) is 5.92 Å². The molecule has 0 saturated carbocycles. The molecule has 0 bridgehead atoms. The van der Waals surface area contributed by atoms with Crippen LogP contribution in [-0.4, -0.2) is 94.1 Å². The Morgan fingerprint density at radius 1 is 1.15 bits per heavy atom. The van der Waals surface area contributed by atoms with E-state index in [0.717, 1.165) is 5.56 Å². The largest absolute Gasteiger partial charge is 0.494 e. The van der Waals surface area contributed by atoms with Crippen LogP contribution in [0.2, 0.25) is 0 Å². The fourth-order valence-corrected chi connectivity index (χ4v) is 7.17. The number of fused-ring (bicyclic) bond motifs is 1. The Bertz CT molecular complexity index is 1300. The molecule has 10 nitrogen and oxygen atoms in total. The van der Waals surface area contributed by atoms with Crippen molar-refractivity contribution >= 4 is 27.6 Å². The van der Waals surface area contributed by atoms with Crippen molar-refractivity contribution in [3.8, 4) is 17.2 Å². The third-order valence-corrected chi connectivity index (χ3v) is 9.56. The number of halogens is 2. The van der Waals surface area contributed by atoms with Crippen LogP contribution in [0.1, 0.15) is 29.5 Å². The van der Waals surface area contributed by atoms with Gasteiger partial charge >= 0.3 is 5.97 Å². The number of alkyl halides is 1. The number of hydrogen-bond acceptors (Lipinski definition) is 8. The predicted molar refractivity (Wildman–Crippen MR) is 146 cm³/mol. The second-order valence-corrected chi connectivity index (χ2v) is 12.1. The van der Waals surface area contributed by atoms with E-state index in [2.05, 4.69) is 0 Å². The molecule has 1 unspecified atom stereocenters. The maximum absolute atomic E-state index is 14.8. The van der Waals surface area contributed by atoms with Gasteiger partial charge < -0.3 is 24.1 Å². The van der Waals surface area contributed by atoms with Gasteiger partial charge in [0.05, 0.1) is 25.4 Å². The number of methoxy groups -OCH3 is 2. The lowest BCUT2D eigenvalue weighted by molar-refractivity contribution is -0.143. The van der Waals surface area contributed by atoms with E-state index in [9.17, 15) is 22.7 Å². The van der Waals surface area contributed by atoms with Crippen molar-refractivity contribution in [2.75, 3.05) is 65.4 Å². The first-order chi connectivity index (χ1) is 19.2. The molecule has 1 fully saturated rings. The summed E-state index contributed by atoms with van der Waals surface area (Å²) in [6.45, 7) is 1.04. The van der Waals surface area contributed by atoms with Crippen LogP contribution in [0, 0.1) is 11.7 Å². The number of benzene rings is 2. The highest BCUT2D eigenvalue weighted by molar-refractivity contribution is 7.89. The summed E-state index contributed by atoms with van der Waals surface area (Å²) in [5.41, 5.74) is 1.20. The smallest absolute Gasteiger partial charge is 0.309 e. The molecule has 40 heavy (non-hydrogen) atoms. The van der Waals surface area contributed by atoms with Gasteiger partial charge in [-0.2, -0.15) is 4.31 Å². The number of rotatable bonds is 14. The molecule has 220 valence electrons. The Labute approximate surface area is 238 Å². The third-order valence-electron chi connectivity index (χ3n) is 7.34. The fraction of sp³-hybridized carbons (Fsp3) is 0.519. The number of carboxylic acids is 1. The quantitative estimate of drug-likeness (QED) is 0.326. The topological polar surface area (TPSA) is 115 Å². The average Bonchev–Trinajstić information content (AvgIpc) is 3.56. The van der Waals surface area contributed by atoms with E-state index in [1.165, 1.54) is 30.7 Å². The average molecular weight is 601 g/mol. The Hall–Kier alpha value is -2.64. The van der Waals surface area contributed by atoms with E-state index in [1.807, 2.05) is 11.0 Å². The van der Waals surface area contributed by atoms with Crippen molar-refractivity contribution in [1.29, 1.82) is 0 Å². The zero-order valence-corrected chi connectivity index (χ0v) is 24.0. The number of sulfonamides is 1. The summed E-state index contributed by atoms with van der Waals surface area (Å²) in [5, 5.41) is 10.4. The van der Waals surface area contributed by atoms with Gasteiger partial charge in [-0.05, 0) is 41.8 Å².